The maximum Gasteiger partial charge on any atom is 0.322 e. The zero-order chi connectivity index (χ0) is 13.0. The minimum atomic E-state index is -0.0439. The fourth-order valence-corrected chi connectivity index (χ4v) is 1.68. The molecule has 0 unspecified atom stereocenters. The first-order valence-corrected chi connectivity index (χ1v) is 5.95. The van der Waals surface area contributed by atoms with Crippen LogP contribution in [0.4, 0.5) is 5.95 Å². The summed E-state index contributed by atoms with van der Waals surface area (Å²) in [6.45, 7) is 3.75. The van der Waals surface area contributed by atoms with Crippen molar-refractivity contribution < 1.29 is 9.15 Å². The molecule has 0 aliphatic carbocycles. The van der Waals surface area contributed by atoms with Crippen molar-refractivity contribution in [3.63, 3.8) is 0 Å². The van der Waals surface area contributed by atoms with Crippen molar-refractivity contribution in [2.45, 2.75) is 30.3 Å². The molecule has 18 heavy (non-hydrogen) atoms. The van der Waals surface area contributed by atoms with Crippen LogP contribution < -0.4 is 16.0 Å². The summed E-state index contributed by atoms with van der Waals surface area (Å²) in [7, 11) is 0. The van der Waals surface area contributed by atoms with E-state index in [4.69, 9.17) is 15.0 Å². The predicted molar refractivity (Wildman–Crippen MR) is 64.0 cm³/mol. The van der Waals surface area contributed by atoms with E-state index in [1.807, 2.05) is 13.8 Å². The van der Waals surface area contributed by atoms with Gasteiger partial charge in [-0.25, -0.2) is 10.8 Å². The summed E-state index contributed by atoms with van der Waals surface area (Å²) in [5.41, 5.74) is 2.35. The number of nitrogens with two attached hydrogens (primary N) is 1. The Bertz CT molecular complexity index is 504. The highest BCUT2D eigenvalue weighted by Crippen LogP contribution is 2.24. The summed E-state index contributed by atoms with van der Waals surface area (Å²) in [5.74, 6) is 5.50. The molecule has 0 saturated heterocycles. The first-order valence-electron chi connectivity index (χ1n) is 5.14. The number of oxazole rings is 1. The van der Waals surface area contributed by atoms with E-state index < -0.39 is 0 Å². The van der Waals surface area contributed by atoms with Gasteiger partial charge in [0.1, 0.15) is 6.26 Å². The number of hydrazine groups is 1. The third-order valence-corrected chi connectivity index (χ3v) is 2.39. The molecule has 2 aromatic rings. The van der Waals surface area contributed by atoms with Gasteiger partial charge in [-0.05, 0) is 13.8 Å². The van der Waals surface area contributed by atoms with Gasteiger partial charge in [0.2, 0.25) is 11.1 Å². The van der Waals surface area contributed by atoms with Gasteiger partial charge in [0.25, 0.3) is 5.22 Å². The summed E-state index contributed by atoms with van der Waals surface area (Å²) < 4.78 is 10.5. The minimum absolute atomic E-state index is 0.0439. The van der Waals surface area contributed by atoms with Gasteiger partial charge in [-0.2, -0.15) is 15.0 Å². The third kappa shape index (κ3) is 3.31. The quantitative estimate of drug-likeness (QED) is 0.607. The molecule has 0 radical (unpaired) electrons. The lowest BCUT2D eigenvalue weighted by atomic mass is 10.5. The molecule has 0 bridgehead atoms. The molecule has 96 valence electrons. The Morgan fingerprint density at radius 3 is 2.83 bits per heavy atom. The average Bonchev–Trinajstić information content (AvgIpc) is 2.80. The maximum atomic E-state index is 5.39. The first-order chi connectivity index (χ1) is 8.67. The fourth-order valence-electron chi connectivity index (χ4n) is 1.05. The van der Waals surface area contributed by atoms with E-state index in [2.05, 4.69) is 25.4 Å². The molecule has 0 amide bonds. The molecule has 0 spiro atoms. The van der Waals surface area contributed by atoms with E-state index in [1.54, 1.807) is 0 Å². The molecule has 3 N–H and O–H groups in total. The number of rotatable bonds is 5. The lowest BCUT2D eigenvalue weighted by Crippen LogP contribution is -2.14. The fraction of sp³-hybridized carbons (Fsp3) is 0.333. The van der Waals surface area contributed by atoms with Crippen LogP contribution in [0.25, 0.3) is 0 Å². The van der Waals surface area contributed by atoms with Crippen LogP contribution in [0.2, 0.25) is 0 Å². The number of aromatic nitrogens is 4. The van der Waals surface area contributed by atoms with E-state index in [0.717, 1.165) is 11.8 Å². The van der Waals surface area contributed by atoms with Crippen LogP contribution in [-0.4, -0.2) is 26.0 Å². The Morgan fingerprint density at radius 1 is 1.39 bits per heavy atom. The number of nitrogen functional groups attached to an aromatic ring is 1. The van der Waals surface area contributed by atoms with Crippen molar-refractivity contribution in [3.8, 4) is 6.01 Å². The van der Waals surface area contributed by atoms with Crippen LogP contribution in [0.15, 0.2) is 27.3 Å². The summed E-state index contributed by atoms with van der Waals surface area (Å²) >= 11 is 1.15. The molecule has 9 heteroatoms. The van der Waals surface area contributed by atoms with Gasteiger partial charge in [0, 0.05) is 11.8 Å². The lowest BCUT2D eigenvalue weighted by Gasteiger charge is -2.09. The summed E-state index contributed by atoms with van der Waals surface area (Å²) in [6.07, 6.45) is 2.96. The Hall–Kier alpha value is -1.87. The van der Waals surface area contributed by atoms with Crippen LogP contribution in [-0.2, 0) is 0 Å². The number of nitrogens with one attached hydrogen (secondary N) is 1. The molecule has 2 heterocycles. The zero-order valence-electron chi connectivity index (χ0n) is 9.82. The highest BCUT2D eigenvalue weighted by atomic mass is 32.2. The molecule has 8 nitrogen and oxygen atoms in total. The van der Waals surface area contributed by atoms with E-state index >= 15 is 0 Å². The number of hydrogen-bond acceptors (Lipinski definition) is 9. The van der Waals surface area contributed by atoms with Gasteiger partial charge in [0.15, 0.2) is 0 Å². The van der Waals surface area contributed by atoms with Crippen LogP contribution >= 0.6 is 11.8 Å². The van der Waals surface area contributed by atoms with Crippen LogP contribution in [0.3, 0.4) is 0 Å². The standard InChI is InChI=1S/C9H12N6O2S/c1-5(2)17-7-12-6(15-10)13-8(14-7)18-9-11-3-4-16-9/h3-5H,10H2,1-2H3,(H,12,13,14,15). The van der Waals surface area contributed by atoms with Crippen molar-refractivity contribution in [3.05, 3.63) is 12.5 Å². The molecular formula is C9H12N6O2S. The Morgan fingerprint density at radius 2 is 2.22 bits per heavy atom. The molecule has 0 saturated carbocycles. The number of nitrogens with zero attached hydrogens (tertiary/aromatic N) is 4. The first kappa shape index (κ1) is 12.6. The second-order valence-corrected chi connectivity index (χ2v) is 4.35. The molecule has 2 rings (SSSR count). The van der Waals surface area contributed by atoms with Crippen molar-refractivity contribution >= 4 is 17.7 Å². The van der Waals surface area contributed by atoms with Crippen LogP contribution in [0.5, 0.6) is 6.01 Å². The zero-order valence-corrected chi connectivity index (χ0v) is 10.6. The van der Waals surface area contributed by atoms with Crippen molar-refractivity contribution in [2.75, 3.05) is 5.43 Å². The van der Waals surface area contributed by atoms with Gasteiger partial charge in [-0.15, -0.1) is 0 Å². The topological polar surface area (TPSA) is 112 Å². The van der Waals surface area contributed by atoms with E-state index in [9.17, 15) is 0 Å². The summed E-state index contributed by atoms with van der Waals surface area (Å²) in [6, 6.07) is 0.196. The van der Waals surface area contributed by atoms with Crippen LogP contribution in [0.1, 0.15) is 13.8 Å². The monoisotopic (exact) mass is 268 g/mol. The average molecular weight is 268 g/mol. The summed E-state index contributed by atoms with van der Waals surface area (Å²) in [5, 5.41) is 0.815. The maximum absolute atomic E-state index is 5.39. The minimum Gasteiger partial charge on any atom is -0.461 e. The largest absolute Gasteiger partial charge is 0.461 e. The number of hydrogen-bond donors (Lipinski definition) is 2. The van der Waals surface area contributed by atoms with Crippen LogP contribution in [0, 0.1) is 0 Å². The Labute approximate surface area is 107 Å². The molecule has 0 aliphatic rings. The van der Waals surface area contributed by atoms with E-state index in [-0.39, 0.29) is 18.1 Å². The third-order valence-electron chi connectivity index (χ3n) is 1.65. The predicted octanol–water partition coefficient (Wildman–Crippen LogP) is 1.08. The molecule has 2 aromatic heterocycles. The molecule has 0 atom stereocenters. The summed E-state index contributed by atoms with van der Waals surface area (Å²) in [4.78, 5) is 16.1. The highest BCUT2D eigenvalue weighted by molar-refractivity contribution is 7.98. The smallest absolute Gasteiger partial charge is 0.322 e. The van der Waals surface area contributed by atoms with Gasteiger partial charge < -0.3 is 9.15 Å². The lowest BCUT2D eigenvalue weighted by molar-refractivity contribution is 0.219. The second kappa shape index (κ2) is 5.65. The SMILES string of the molecule is CC(C)Oc1nc(NN)nc(Sc2ncco2)n1. The van der Waals surface area contributed by atoms with Gasteiger partial charge >= 0.3 is 6.01 Å². The number of ether oxygens (including phenoxy) is 1. The second-order valence-electron chi connectivity index (χ2n) is 3.44. The Balaban J connectivity index is 2.23. The van der Waals surface area contributed by atoms with Gasteiger partial charge in [-0.3, -0.25) is 5.43 Å². The van der Waals surface area contributed by atoms with Crippen molar-refractivity contribution in [1.29, 1.82) is 0 Å². The molecule has 0 aliphatic heterocycles. The Kier molecular flexibility index (Phi) is 3.95. The normalized spacial score (nSPS) is 10.7. The molecular weight excluding hydrogens is 256 g/mol. The molecule has 0 aromatic carbocycles. The highest BCUT2D eigenvalue weighted by Gasteiger charge is 2.11. The van der Waals surface area contributed by atoms with Crippen molar-refractivity contribution in [1.82, 2.24) is 19.9 Å². The molecule has 0 fully saturated rings. The van der Waals surface area contributed by atoms with Crippen molar-refractivity contribution in [2.24, 2.45) is 5.84 Å². The number of anilines is 1. The van der Waals surface area contributed by atoms with E-state index in [0.29, 0.717) is 10.4 Å². The van der Waals surface area contributed by atoms with Gasteiger partial charge in [0.05, 0.1) is 12.3 Å². The van der Waals surface area contributed by atoms with E-state index in [1.165, 1.54) is 12.5 Å². The van der Waals surface area contributed by atoms with Gasteiger partial charge in [-0.1, -0.05) is 0 Å².